The summed E-state index contributed by atoms with van der Waals surface area (Å²) in [6, 6.07) is 31.4. The summed E-state index contributed by atoms with van der Waals surface area (Å²) in [5.74, 6) is 0. The molecule has 1 aromatic heterocycles. The summed E-state index contributed by atoms with van der Waals surface area (Å²) >= 11 is 0. The van der Waals surface area contributed by atoms with E-state index in [0.717, 1.165) is 44.5 Å². The third-order valence-electron chi connectivity index (χ3n) is 4.97. The minimum atomic E-state index is 0.940. The molecule has 0 saturated heterocycles. The highest BCUT2D eigenvalue weighted by molar-refractivity contribution is 6.10. The second-order valence-corrected chi connectivity index (χ2v) is 6.73. The number of aromatic nitrogens is 2. The largest absolute Gasteiger partial charge is 0.249 e. The number of benzene rings is 4. The van der Waals surface area contributed by atoms with E-state index in [4.69, 9.17) is 9.97 Å². The lowest BCUT2D eigenvalue weighted by atomic mass is 9.98. The summed E-state index contributed by atoms with van der Waals surface area (Å²) in [5.41, 5.74) is 7.17. The van der Waals surface area contributed by atoms with Crippen LogP contribution in [0.4, 0.5) is 0 Å². The summed E-state index contributed by atoms with van der Waals surface area (Å²) in [7, 11) is 0. The fraction of sp³-hybridized carbons (Fsp3) is 0.0400. The third kappa shape index (κ3) is 2.67. The van der Waals surface area contributed by atoms with Gasteiger partial charge in [-0.1, -0.05) is 84.9 Å². The summed E-state index contributed by atoms with van der Waals surface area (Å²) in [4.78, 5) is 10.1. The van der Waals surface area contributed by atoms with Crippen molar-refractivity contribution in [3.05, 3.63) is 96.7 Å². The highest BCUT2D eigenvalue weighted by Crippen LogP contribution is 2.35. The molecule has 0 bridgehead atoms. The average Bonchev–Trinajstić information content (AvgIpc) is 2.74. The van der Waals surface area contributed by atoms with Gasteiger partial charge in [-0.2, -0.15) is 0 Å². The lowest BCUT2D eigenvalue weighted by Crippen LogP contribution is -1.97. The topological polar surface area (TPSA) is 25.8 Å². The molecule has 0 fully saturated rings. The fourth-order valence-electron chi connectivity index (χ4n) is 3.66. The van der Waals surface area contributed by atoms with Gasteiger partial charge in [0.1, 0.15) is 0 Å². The zero-order valence-corrected chi connectivity index (χ0v) is 15.1. The SMILES string of the molecule is Cc1nc2c(nc1-c1ccccc1)c(-c1ccccc1)cc1ccccc12. The summed E-state index contributed by atoms with van der Waals surface area (Å²) in [6.07, 6.45) is 0. The van der Waals surface area contributed by atoms with Crippen LogP contribution < -0.4 is 0 Å². The van der Waals surface area contributed by atoms with Gasteiger partial charge in [0.2, 0.25) is 0 Å². The number of aryl methyl sites for hydroxylation is 1. The van der Waals surface area contributed by atoms with Gasteiger partial charge in [-0.25, -0.2) is 9.97 Å². The monoisotopic (exact) mass is 346 g/mol. The molecular weight excluding hydrogens is 328 g/mol. The van der Waals surface area contributed by atoms with E-state index in [-0.39, 0.29) is 0 Å². The molecule has 27 heavy (non-hydrogen) atoms. The van der Waals surface area contributed by atoms with Gasteiger partial charge < -0.3 is 0 Å². The number of nitrogens with zero attached hydrogens (tertiary/aromatic N) is 2. The average molecular weight is 346 g/mol. The van der Waals surface area contributed by atoms with Crippen molar-refractivity contribution in [3.63, 3.8) is 0 Å². The van der Waals surface area contributed by atoms with Crippen molar-refractivity contribution >= 4 is 21.8 Å². The Hall–Kier alpha value is -3.52. The third-order valence-corrected chi connectivity index (χ3v) is 4.97. The lowest BCUT2D eigenvalue weighted by molar-refractivity contribution is 1.19. The Morgan fingerprint density at radius 2 is 1.22 bits per heavy atom. The van der Waals surface area contributed by atoms with Crippen LogP contribution in [0.3, 0.4) is 0 Å². The predicted molar refractivity (Wildman–Crippen MR) is 113 cm³/mol. The molecule has 128 valence electrons. The summed E-state index contributed by atoms with van der Waals surface area (Å²) in [6.45, 7) is 2.04. The van der Waals surface area contributed by atoms with Crippen molar-refractivity contribution in [2.45, 2.75) is 6.92 Å². The van der Waals surface area contributed by atoms with Crippen LogP contribution >= 0.6 is 0 Å². The Morgan fingerprint density at radius 1 is 0.593 bits per heavy atom. The number of fused-ring (bicyclic) bond motifs is 3. The first kappa shape index (κ1) is 15.7. The Bertz CT molecular complexity index is 1260. The number of hydrogen-bond donors (Lipinski definition) is 0. The van der Waals surface area contributed by atoms with Gasteiger partial charge in [-0.3, -0.25) is 0 Å². The zero-order chi connectivity index (χ0) is 18.2. The molecule has 0 saturated carbocycles. The lowest BCUT2D eigenvalue weighted by Gasteiger charge is -2.13. The van der Waals surface area contributed by atoms with Gasteiger partial charge in [-0.15, -0.1) is 0 Å². The standard InChI is InChI=1S/C25H18N2/c1-17-23(19-12-6-3-7-13-19)27-25-22(18-10-4-2-5-11-18)16-20-14-8-9-15-21(20)24(25)26-17/h2-16H,1H3. The van der Waals surface area contributed by atoms with E-state index in [1.54, 1.807) is 0 Å². The van der Waals surface area contributed by atoms with Crippen LogP contribution in [0, 0.1) is 6.92 Å². The molecule has 0 spiro atoms. The van der Waals surface area contributed by atoms with E-state index in [9.17, 15) is 0 Å². The van der Waals surface area contributed by atoms with Gasteiger partial charge >= 0.3 is 0 Å². The fourth-order valence-corrected chi connectivity index (χ4v) is 3.66. The van der Waals surface area contributed by atoms with E-state index in [0.29, 0.717) is 0 Å². The van der Waals surface area contributed by atoms with Gasteiger partial charge in [0, 0.05) is 16.5 Å². The predicted octanol–water partition coefficient (Wildman–Crippen LogP) is 6.43. The molecule has 5 aromatic rings. The molecule has 0 aliphatic rings. The molecule has 0 unspecified atom stereocenters. The molecule has 0 radical (unpaired) electrons. The van der Waals surface area contributed by atoms with E-state index in [1.165, 1.54) is 5.39 Å². The van der Waals surface area contributed by atoms with Gasteiger partial charge in [0.15, 0.2) is 0 Å². The second kappa shape index (κ2) is 6.33. The molecule has 0 aliphatic heterocycles. The van der Waals surface area contributed by atoms with Crippen molar-refractivity contribution in [2.24, 2.45) is 0 Å². The van der Waals surface area contributed by atoms with Crippen LogP contribution in [0.1, 0.15) is 5.69 Å². The Balaban J connectivity index is 1.92. The molecule has 0 aliphatic carbocycles. The Kier molecular flexibility index (Phi) is 3.68. The minimum Gasteiger partial charge on any atom is -0.249 e. The normalized spacial score (nSPS) is 11.1. The van der Waals surface area contributed by atoms with Crippen molar-refractivity contribution in [1.82, 2.24) is 9.97 Å². The van der Waals surface area contributed by atoms with E-state index in [1.807, 2.05) is 31.2 Å². The smallest absolute Gasteiger partial charge is 0.0979 e. The molecule has 0 amide bonds. The summed E-state index contributed by atoms with van der Waals surface area (Å²) in [5, 5.41) is 2.33. The van der Waals surface area contributed by atoms with Crippen LogP contribution in [-0.4, -0.2) is 9.97 Å². The minimum absolute atomic E-state index is 0.940. The van der Waals surface area contributed by atoms with Crippen molar-refractivity contribution in [1.29, 1.82) is 0 Å². The Labute approximate surface area is 158 Å². The highest BCUT2D eigenvalue weighted by atomic mass is 14.8. The summed E-state index contributed by atoms with van der Waals surface area (Å²) < 4.78 is 0. The molecular formula is C25H18N2. The quantitative estimate of drug-likeness (QED) is 0.344. The highest BCUT2D eigenvalue weighted by Gasteiger charge is 2.14. The maximum absolute atomic E-state index is 5.11. The second-order valence-electron chi connectivity index (χ2n) is 6.73. The maximum Gasteiger partial charge on any atom is 0.0979 e. The van der Waals surface area contributed by atoms with Gasteiger partial charge in [-0.05, 0) is 23.9 Å². The van der Waals surface area contributed by atoms with Gasteiger partial charge in [0.05, 0.1) is 22.4 Å². The van der Waals surface area contributed by atoms with Crippen molar-refractivity contribution in [3.8, 4) is 22.4 Å². The van der Waals surface area contributed by atoms with Crippen molar-refractivity contribution < 1.29 is 0 Å². The van der Waals surface area contributed by atoms with Crippen LogP contribution in [0.25, 0.3) is 44.2 Å². The zero-order valence-electron chi connectivity index (χ0n) is 15.1. The van der Waals surface area contributed by atoms with Crippen LogP contribution in [-0.2, 0) is 0 Å². The number of hydrogen-bond acceptors (Lipinski definition) is 2. The van der Waals surface area contributed by atoms with Crippen LogP contribution in [0.5, 0.6) is 0 Å². The molecule has 0 atom stereocenters. The Morgan fingerprint density at radius 3 is 1.96 bits per heavy atom. The first-order valence-corrected chi connectivity index (χ1v) is 9.12. The molecule has 2 heteroatoms. The van der Waals surface area contributed by atoms with E-state index < -0.39 is 0 Å². The molecule has 1 heterocycles. The van der Waals surface area contributed by atoms with E-state index in [2.05, 4.69) is 66.7 Å². The maximum atomic E-state index is 5.11. The first-order valence-electron chi connectivity index (χ1n) is 9.12. The van der Waals surface area contributed by atoms with Crippen LogP contribution in [0.15, 0.2) is 91.0 Å². The molecule has 4 aromatic carbocycles. The van der Waals surface area contributed by atoms with Crippen LogP contribution in [0.2, 0.25) is 0 Å². The molecule has 2 nitrogen and oxygen atoms in total. The van der Waals surface area contributed by atoms with Gasteiger partial charge in [0.25, 0.3) is 0 Å². The van der Waals surface area contributed by atoms with E-state index >= 15 is 0 Å². The van der Waals surface area contributed by atoms with Crippen molar-refractivity contribution in [2.75, 3.05) is 0 Å². The first-order chi connectivity index (χ1) is 13.3. The number of rotatable bonds is 2. The molecule has 0 N–H and O–H groups in total. The molecule has 5 rings (SSSR count).